The summed E-state index contributed by atoms with van der Waals surface area (Å²) in [6, 6.07) is 16.0. The first-order chi connectivity index (χ1) is 13.0. The number of likely N-dealkylation sites (N-methyl/N-ethyl adjacent to an activating group) is 1. The predicted molar refractivity (Wildman–Crippen MR) is 99.5 cm³/mol. The lowest BCUT2D eigenvalue weighted by Gasteiger charge is -2.26. The number of anilines is 2. The van der Waals surface area contributed by atoms with E-state index < -0.39 is 24.1 Å². The number of esters is 1. The maximum Gasteiger partial charge on any atom is 0.310 e. The smallest absolute Gasteiger partial charge is 0.310 e. The van der Waals surface area contributed by atoms with Crippen LogP contribution in [0.15, 0.2) is 54.6 Å². The lowest BCUT2D eigenvalue weighted by molar-refractivity contribution is -0.156. The third-order valence-electron chi connectivity index (χ3n) is 4.19. The maximum absolute atomic E-state index is 12.4. The molecule has 0 aliphatic carbocycles. The van der Waals surface area contributed by atoms with E-state index in [1.165, 1.54) is 11.8 Å². The van der Waals surface area contributed by atoms with E-state index >= 15 is 0 Å². The molecule has 27 heavy (non-hydrogen) atoms. The van der Waals surface area contributed by atoms with Crippen molar-refractivity contribution in [2.45, 2.75) is 25.6 Å². The number of nitrogens with zero attached hydrogens (tertiary/aromatic N) is 1. The van der Waals surface area contributed by atoms with E-state index in [1.54, 1.807) is 43.4 Å². The molecule has 7 heteroatoms. The molecule has 0 saturated carbocycles. The Kier molecular flexibility index (Phi) is 5.40. The van der Waals surface area contributed by atoms with Crippen LogP contribution in [0, 0.1) is 0 Å². The molecular formula is C20H20N2O5. The molecule has 0 saturated heterocycles. The summed E-state index contributed by atoms with van der Waals surface area (Å²) in [4.78, 5) is 38.1. The number of amides is 2. The highest BCUT2D eigenvalue weighted by Crippen LogP contribution is 2.29. The molecule has 1 aliphatic rings. The van der Waals surface area contributed by atoms with E-state index in [2.05, 4.69) is 5.32 Å². The van der Waals surface area contributed by atoms with Gasteiger partial charge in [0.2, 0.25) is 0 Å². The van der Waals surface area contributed by atoms with Crippen LogP contribution in [0.3, 0.4) is 0 Å². The standard InChI is InChI=1S/C20H20N2O5/c1-13(20(25)22(2)14-8-4-3-5-9-14)26-18(23)12-17-19(24)21-15-10-6-7-11-16(15)27-17/h3-11,13,17H,12H2,1-2H3,(H,21,24)/t13-,17+/m0/s1. The van der Waals surface area contributed by atoms with Crippen molar-refractivity contribution in [3.8, 4) is 5.75 Å². The highest BCUT2D eigenvalue weighted by molar-refractivity contribution is 6.00. The Hall–Kier alpha value is -3.35. The second-order valence-electron chi connectivity index (χ2n) is 6.16. The number of hydrogen-bond acceptors (Lipinski definition) is 5. The highest BCUT2D eigenvalue weighted by atomic mass is 16.6. The lowest BCUT2D eigenvalue weighted by atomic mass is 10.1. The Morgan fingerprint density at radius 1 is 1.15 bits per heavy atom. The number of nitrogens with one attached hydrogen (secondary N) is 1. The first-order valence-electron chi connectivity index (χ1n) is 8.54. The summed E-state index contributed by atoms with van der Waals surface area (Å²) in [7, 11) is 1.61. The summed E-state index contributed by atoms with van der Waals surface area (Å²) in [5.74, 6) is -0.986. The topological polar surface area (TPSA) is 84.9 Å². The van der Waals surface area contributed by atoms with Gasteiger partial charge in [-0.1, -0.05) is 30.3 Å². The van der Waals surface area contributed by atoms with E-state index in [0.717, 1.165) is 0 Å². The van der Waals surface area contributed by atoms with Gasteiger partial charge in [-0.3, -0.25) is 14.4 Å². The van der Waals surface area contributed by atoms with E-state index in [-0.39, 0.29) is 12.3 Å². The van der Waals surface area contributed by atoms with Crippen molar-refractivity contribution in [2.75, 3.05) is 17.3 Å². The molecule has 7 nitrogen and oxygen atoms in total. The number of rotatable bonds is 5. The van der Waals surface area contributed by atoms with Gasteiger partial charge in [-0.15, -0.1) is 0 Å². The number of hydrogen-bond donors (Lipinski definition) is 1. The van der Waals surface area contributed by atoms with Crippen molar-refractivity contribution in [3.05, 3.63) is 54.6 Å². The monoisotopic (exact) mass is 368 g/mol. The molecule has 2 aromatic carbocycles. The summed E-state index contributed by atoms with van der Waals surface area (Å²) in [6.07, 6.45) is -2.27. The van der Waals surface area contributed by atoms with Crippen LogP contribution < -0.4 is 15.0 Å². The Bertz CT molecular complexity index is 852. The fourth-order valence-electron chi connectivity index (χ4n) is 2.73. The Labute approximate surface area is 156 Å². The molecule has 2 aromatic rings. The van der Waals surface area contributed by atoms with Crippen LogP contribution in [0.1, 0.15) is 13.3 Å². The quantitative estimate of drug-likeness (QED) is 0.819. The number of fused-ring (bicyclic) bond motifs is 1. The molecular weight excluding hydrogens is 348 g/mol. The minimum absolute atomic E-state index is 0.285. The summed E-state index contributed by atoms with van der Waals surface area (Å²) < 4.78 is 10.8. The molecule has 3 rings (SSSR count). The van der Waals surface area contributed by atoms with Crippen molar-refractivity contribution in [1.82, 2.24) is 0 Å². The second-order valence-corrected chi connectivity index (χ2v) is 6.16. The van der Waals surface area contributed by atoms with Gasteiger partial charge in [0.25, 0.3) is 11.8 Å². The van der Waals surface area contributed by atoms with Gasteiger partial charge >= 0.3 is 5.97 Å². The fourth-order valence-corrected chi connectivity index (χ4v) is 2.73. The number of benzene rings is 2. The van der Waals surface area contributed by atoms with E-state index in [0.29, 0.717) is 17.1 Å². The number of ether oxygens (including phenoxy) is 2. The zero-order valence-corrected chi connectivity index (χ0v) is 15.0. The normalized spacial score (nSPS) is 16.4. The summed E-state index contributed by atoms with van der Waals surface area (Å²) >= 11 is 0. The van der Waals surface area contributed by atoms with Gasteiger partial charge in [0, 0.05) is 12.7 Å². The molecule has 2 amide bonds. The van der Waals surface area contributed by atoms with Gasteiger partial charge in [-0.2, -0.15) is 0 Å². The van der Waals surface area contributed by atoms with Crippen LogP contribution in [0.2, 0.25) is 0 Å². The van der Waals surface area contributed by atoms with E-state index in [1.807, 2.05) is 18.2 Å². The molecule has 2 atom stereocenters. The molecule has 0 unspecified atom stereocenters. The number of para-hydroxylation sites is 3. The molecule has 0 bridgehead atoms. The molecule has 1 heterocycles. The third-order valence-corrected chi connectivity index (χ3v) is 4.19. The van der Waals surface area contributed by atoms with Crippen molar-refractivity contribution in [2.24, 2.45) is 0 Å². The molecule has 140 valence electrons. The van der Waals surface area contributed by atoms with E-state index in [9.17, 15) is 14.4 Å². The number of carbonyl (C=O) groups excluding carboxylic acids is 3. The van der Waals surface area contributed by atoms with Crippen molar-refractivity contribution < 1.29 is 23.9 Å². The molecule has 0 radical (unpaired) electrons. The van der Waals surface area contributed by atoms with Crippen LogP contribution >= 0.6 is 0 Å². The summed E-state index contributed by atoms with van der Waals surface area (Å²) in [5, 5.41) is 2.68. The minimum Gasteiger partial charge on any atom is -0.478 e. The molecule has 0 aromatic heterocycles. The van der Waals surface area contributed by atoms with Crippen LogP contribution in [0.5, 0.6) is 5.75 Å². The Balaban J connectivity index is 1.57. The predicted octanol–water partition coefficient (Wildman–Crippen LogP) is 2.37. The average Bonchev–Trinajstić information content (AvgIpc) is 2.68. The maximum atomic E-state index is 12.4. The van der Waals surface area contributed by atoms with Crippen molar-refractivity contribution in [3.63, 3.8) is 0 Å². The third kappa shape index (κ3) is 4.25. The second kappa shape index (κ2) is 7.90. The van der Waals surface area contributed by atoms with E-state index in [4.69, 9.17) is 9.47 Å². The zero-order chi connectivity index (χ0) is 19.4. The van der Waals surface area contributed by atoms with Crippen LogP contribution in [0.4, 0.5) is 11.4 Å². The molecule has 1 N–H and O–H groups in total. The molecule has 1 aliphatic heterocycles. The Morgan fingerprint density at radius 3 is 2.56 bits per heavy atom. The summed E-state index contributed by atoms with van der Waals surface area (Å²) in [6.45, 7) is 1.50. The lowest BCUT2D eigenvalue weighted by Crippen LogP contribution is -2.41. The number of carbonyl (C=O) groups is 3. The van der Waals surface area contributed by atoms with Crippen LogP contribution in [0.25, 0.3) is 0 Å². The van der Waals surface area contributed by atoms with Crippen LogP contribution in [-0.4, -0.2) is 37.0 Å². The molecule has 0 fully saturated rings. The Morgan fingerprint density at radius 2 is 1.81 bits per heavy atom. The fraction of sp³-hybridized carbons (Fsp3) is 0.250. The highest BCUT2D eigenvalue weighted by Gasteiger charge is 2.31. The SMILES string of the molecule is C[C@H](OC(=O)C[C@H]1Oc2ccccc2NC1=O)C(=O)N(C)c1ccccc1. The van der Waals surface area contributed by atoms with Crippen molar-refractivity contribution in [1.29, 1.82) is 0 Å². The van der Waals surface area contributed by atoms with Gasteiger partial charge in [-0.25, -0.2) is 0 Å². The van der Waals surface area contributed by atoms with Gasteiger partial charge in [-0.05, 0) is 31.2 Å². The van der Waals surface area contributed by atoms with Gasteiger partial charge in [0.05, 0.1) is 12.1 Å². The largest absolute Gasteiger partial charge is 0.478 e. The van der Waals surface area contributed by atoms with Crippen LogP contribution in [-0.2, 0) is 19.1 Å². The first kappa shape index (κ1) is 18.4. The average molecular weight is 368 g/mol. The summed E-state index contributed by atoms with van der Waals surface area (Å²) in [5.41, 5.74) is 1.25. The van der Waals surface area contributed by atoms with Gasteiger partial charge in [0.15, 0.2) is 12.2 Å². The van der Waals surface area contributed by atoms with Gasteiger partial charge in [0.1, 0.15) is 5.75 Å². The minimum atomic E-state index is -0.999. The molecule has 0 spiro atoms. The van der Waals surface area contributed by atoms with Crippen molar-refractivity contribution >= 4 is 29.2 Å². The van der Waals surface area contributed by atoms with Gasteiger partial charge < -0.3 is 19.7 Å². The first-order valence-corrected chi connectivity index (χ1v) is 8.54. The zero-order valence-electron chi connectivity index (χ0n) is 15.0.